The summed E-state index contributed by atoms with van der Waals surface area (Å²) in [7, 11) is 0. The lowest BCUT2D eigenvalue weighted by Crippen LogP contribution is -2.11. The van der Waals surface area contributed by atoms with Crippen LogP contribution < -0.4 is 5.32 Å². The first-order chi connectivity index (χ1) is 7.27. The molecule has 1 N–H and O–H groups in total. The minimum atomic E-state index is -0.297. The van der Waals surface area contributed by atoms with Gasteiger partial charge in [-0.15, -0.1) is 0 Å². The highest BCUT2D eigenvalue weighted by Gasteiger charge is 2.10. The summed E-state index contributed by atoms with van der Waals surface area (Å²) >= 11 is 3.23. The summed E-state index contributed by atoms with van der Waals surface area (Å²) in [6, 6.07) is 6.74. The Hall–Kier alpha value is -1.62. The van der Waals surface area contributed by atoms with Crippen LogP contribution in [0.5, 0.6) is 0 Å². The second kappa shape index (κ2) is 4.27. The molecule has 0 radical (unpaired) electrons. The number of furan rings is 1. The fourth-order valence-electron chi connectivity index (χ4n) is 1.07. The van der Waals surface area contributed by atoms with Crippen LogP contribution >= 0.6 is 15.9 Å². The zero-order valence-electron chi connectivity index (χ0n) is 7.61. The van der Waals surface area contributed by atoms with E-state index in [1.165, 1.54) is 6.26 Å². The Bertz CT molecular complexity index is 468. The Morgan fingerprint density at radius 2 is 2.27 bits per heavy atom. The number of nitrogens with one attached hydrogen (secondary N) is 1. The number of hydrogen-bond donors (Lipinski definition) is 1. The highest BCUT2D eigenvalue weighted by molar-refractivity contribution is 9.10. The van der Waals surface area contributed by atoms with E-state index < -0.39 is 0 Å². The molecule has 1 amide bonds. The van der Waals surface area contributed by atoms with Crippen LogP contribution in [0.1, 0.15) is 10.6 Å². The minimum Gasteiger partial charge on any atom is -0.459 e. The van der Waals surface area contributed by atoms with Gasteiger partial charge < -0.3 is 9.73 Å². The predicted molar refractivity (Wildman–Crippen MR) is 58.6 cm³/mol. The second-order valence-electron chi connectivity index (χ2n) is 2.77. The van der Waals surface area contributed by atoms with E-state index >= 15 is 0 Å². The topological polar surface area (TPSA) is 55.1 Å². The van der Waals surface area contributed by atoms with Gasteiger partial charge in [-0.05, 0) is 40.2 Å². The van der Waals surface area contributed by atoms with Gasteiger partial charge in [-0.2, -0.15) is 0 Å². The van der Waals surface area contributed by atoms with Gasteiger partial charge in [-0.1, -0.05) is 0 Å². The average Bonchev–Trinajstić information content (AvgIpc) is 2.74. The third-order valence-corrected chi connectivity index (χ3v) is 2.38. The minimum absolute atomic E-state index is 0.269. The molecule has 0 fully saturated rings. The van der Waals surface area contributed by atoms with Crippen LogP contribution in [0.4, 0.5) is 5.69 Å². The molecule has 0 aliphatic rings. The summed E-state index contributed by atoms with van der Waals surface area (Å²) < 4.78 is 5.55. The van der Waals surface area contributed by atoms with Crippen LogP contribution in [-0.4, -0.2) is 10.9 Å². The van der Waals surface area contributed by atoms with E-state index in [0.717, 1.165) is 0 Å². The normalized spacial score (nSPS) is 9.93. The van der Waals surface area contributed by atoms with Crippen LogP contribution in [-0.2, 0) is 0 Å². The Labute approximate surface area is 94.4 Å². The van der Waals surface area contributed by atoms with Crippen LogP contribution in [0.3, 0.4) is 0 Å². The standard InChI is InChI=1S/C10H7BrN2O2/c11-9-7(3-1-5-12-9)13-10(14)8-4-2-6-15-8/h1-6H,(H,13,14). The SMILES string of the molecule is O=C(Nc1cccnc1Br)c1ccco1. The van der Waals surface area contributed by atoms with Gasteiger partial charge in [0.25, 0.3) is 5.91 Å². The monoisotopic (exact) mass is 266 g/mol. The molecular weight excluding hydrogens is 260 g/mol. The number of hydrogen-bond acceptors (Lipinski definition) is 3. The summed E-state index contributed by atoms with van der Waals surface area (Å²) in [6.07, 6.45) is 3.08. The fourth-order valence-corrected chi connectivity index (χ4v) is 1.42. The predicted octanol–water partition coefficient (Wildman–Crippen LogP) is 2.69. The summed E-state index contributed by atoms with van der Waals surface area (Å²) in [6.45, 7) is 0. The van der Waals surface area contributed by atoms with Crippen molar-refractivity contribution in [2.45, 2.75) is 0 Å². The van der Waals surface area contributed by atoms with E-state index in [9.17, 15) is 4.79 Å². The summed E-state index contributed by atoms with van der Waals surface area (Å²) in [5.41, 5.74) is 0.610. The molecule has 2 heterocycles. The first kappa shape index (κ1) is 9.92. The highest BCUT2D eigenvalue weighted by atomic mass is 79.9. The summed E-state index contributed by atoms with van der Waals surface area (Å²) in [5.74, 6) is -0.0283. The number of halogens is 1. The van der Waals surface area contributed by atoms with Crippen LogP contribution in [0.15, 0.2) is 45.7 Å². The van der Waals surface area contributed by atoms with Crippen molar-refractivity contribution in [2.75, 3.05) is 5.32 Å². The molecule has 0 spiro atoms. The van der Waals surface area contributed by atoms with Crippen molar-refractivity contribution >= 4 is 27.5 Å². The van der Waals surface area contributed by atoms with Gasteiger partial charge in [0, 0.05) is 6.20 Å². The molecule has 4 nitrogen and oxygen atoms in total. The van der Waals surface area contributed by atoms with Gasteiger partial charge in [-0.3, -0.25) is 4.79 Å². The van der Waals surface area contributed by atoms with E-state index in [2.05, 4.69) is 26.2 Å². The maximum absolute atomic E-state index is 11.6. The van der Waals surface area contributed by atoms with Gasteiger partial charge >= 0.3 is 0 Å². The van der Waals surface area contributed by atoms with E-state index in [4.69, 9.17) is 4.42 Å². The third-order valence-electron chi connectivity index (χ3n) is 1.75. The van der Waals surface area contributed by atoms with Crippen molar-refractivity contribution in [2.24, 2.45) is 0 Å². The molecule has 5 heteroatoms. The first-order valence-electron chi connectivity index (χ1n) is 4.23. The summed E-state index contributed by atoms with van der Waals surface area (Å²) in [4.78, 5) is 15.6. The Morgan fingerprint density at radius 3 is 2.93 bits per heavy atom. The van der Waals surface area contributed by atoms with Crippen molar-refractivity contribution < 1.29 is 9.21 Å². The lowest BCUT2D eigenvalue weighted by Gasteiger charge is -2.03. The zero-order chi connectivity index (χ0) is 10.7. The number of anilines is 1. The van der Waals surface area contributed by atoms with Crippen LogP contribution in [0, 0.1) is 0 Å². The van der Waals surface area contributed by atoms with Gasteiger partial charge in [0.2, 0.25) is 0 Å². The highest BCUT2D eigenvalue weighted by Crippen LogP contribution is 2.19. The van der Waals surface area contributed by atoms with Gasteiger partial charge in [0.15, 0.2) is 5.76 Å². The largest absolute Gasteiger partial charge is 0.459 e. The first-order valence-corrected chi connectivity index (χ1v) is 5.02. The van der Waals surface area contributed by atoms with Crippen molar-refractivity contribution in [1.82, 2.24) is 4.98 Å². The molecule has 0 aliphatic carbocycles. The molecule has 0 atom stereocenters. The van der Waals surface area contributed by atoms with Crippen molar-refractivity contribution in [3.63, 3.8) is 0 Å². The second-order valence-corrected chi connectivity index (χ2v) is 3.52. The van der Waals surface area contributed by atoms with Gasteiger partial charge in [-0.25, -0.2) is 4.98 Å². The lowest BCUT2D eigenvalue weighted by molar-refractivity contribution is 0.0996. The quantitative estimate of drug-likeness (QED) is 0.851. The third kappa shape index (κ3) is 2.24. The molecule has 0 saturated carbocycles. The summed E-state index contributed by atoms with van der Waals surface area (Å²) in [5, 5.41) is 2.67. The molecule has 2 rings (SSSR count). The lowest BCUT2D eigenvalue weighted by atomic mass is 10.4. The smallest absolute Gasteiger partial charge is 0.291 e. The van der Waals surface area contributed by atoms with E-state index in [1.54, 1.807) is 30.5 Å². The number of nitrogens with zero attached hydrogens (tertiary/aromatic N) is 1. The van der Waals surface area contributed by atoms with E-state index in [-0.39, 0.29) is 11.7 Å². The fraction of sp³-hybridized carbons (Fsp3) is 0. The number of aromatic nitrogens is 1. The zero-order valence-corrected chi connectivity index (χ0v) is 9.19. The molecular formula is C10H7BrN2O2. The molecule has 0 saturated heterocycles. The number of carbonyl (C=O) groups is 1. The maximum Gasteiger partial charge on any atom is 0.291 e. The molecule has 0 aliphatic heterocycles. The molecule has 0 unspecified atom stereocenters. The molecule has 76 valence electrons. The Balaban J connectivity index is 2.17. The molecule has 2 aromatic heterocycles. The number of rotatable bonds is 2. The van der Waals surface area contributed by atoms with Crippen LogP contribution in [0.25, 0.3) is 0 Å². The van der Waals surface area contributed by atoms with Crippen molar-refractivity contribution in [3.8, 4) is 0 Å². The molecule has 0 bridgehead atoms. The average molecular weight is 267 g/mol. The van der Waals surface area contributed by atoms with Crippen molar-refractivity contribution in [3.05, 3.63) is 47.1 Å². The Morgan fingerprint density at radius 1 is 1.40 bits per heavy atom. The molecule has 15 heavy (non-hydrogen) atoms. The van der Waals surface area contributed by atoms with E-state index in [1.807, 2.05) is 0 Å². The number of pyridine rings is 1. The Kier molecular flexibility index (Phi) is 2.82. The van der Waals surface area contributed by atoms with Gasteiger partial charge in [0.1, 0.15) is 4.60 Å². The maximum atomic E-state index is 11.6. The number of amides is 1. The van der Waals surface area contributed by atoms with Gasteiger partial charge in [0.05, 0.1) is 12.0 Å². The van der Waals surface area contributed by atoms with E-state index in [0.29, 0.717) is 10.3 Å². The number of carbonyl (C=O) groups excluding carboxylic acids is 1. The van der Waals surface area contributed by atoms with Crippen LogP contribution in [0.2, 0.25) is 0 Å². The van der Waals surface area contributed by atoms with Crippen molar-refractivity contribution in [1.29, 1.82) is 0 Å². The molecule has 2 aromatic rings. The molecule has 0 aromatic carbocycles.